The molecule has 0 bridgehead atoms. The molecule has 3 aliphatic heterocycles. The molecule has 39 heavy (non-hydrogen) atoms. The molecule has 1 spiro atoms. The number of nitrogens with zero attached hydrogens (tertiary/aromatic N) is 3. The van der Waals surface area contributed by atoms with Gasteiger partial charge in [-0.25, -0.2) is 9.59 Å². The second-order valence-corrected chi connectivity index (χ2v) is 9.10. The zero-order valence-electron chi connectivity index (χ0n) is 20.7. The maximum Gasteiger partial charge on any atom is 0.490 e. The molecule has 0 aliphatic carbocycles. The van der Waals surface area contributed by atoms with E-state index in [9.17, 15) is 31.1 Å². The summed E-state index contributed by atoms with van der Waals surface area (Å²) in [4.78, 5) is 39.7. The zero-order chi connectivity index (χ0) is 29.3. The van der Waals surface area contributed by atoms with Gasteiger partial charge in [0.05, 0.1) is 19.1 Å². The van der Waals surface area contributed by atoms with Crippen molar-refractivity contribution >= 4 is 17.8 Å². The number of alkyl halides is 6. The Bertz CT molecular complexity index is 926. The van der Waals surface area contributed by atoms with Crippen LogP contribution in [0.25, 0.3) is 0 Å². The van der Waals surface area contributed by atoms with Gasteiger partial charge in [0.15, 0.2) is 0 Å². The van der Waals surface area contributed by atoms with E-state index in [4.69, 9.17) is 29.3 Å². The van der Waals surface area contributed by atoms with E-state index in [1.165, 1.54) is 5.56 Å². The van der Waals surface area contributed by atoms with Crippen LogP contribution in [0.2, 0.25) is 0 Å². The molecule has 0 saturated carbocycles. The first-order valence-electron chi connectivity index (χ1n) is 11.8. The molecule has 1 atom stereocenters. The highest BCUT2D eigenvalue weighted by Crippen LogP contribution is 2.45. The molecule has 1 aromatic heterocycles. The third kappa shape index (κ3) is 9.93. The van der Waals surface area contributed by atoms with Crippen LogP contribution in [-0.2, 0) is 30.4 Å². The topological polar surface area (TPSA) is 130 Å². The summed E-state index contributed by atoms with van der Waals surface area (Å²) in [7, 11) is 0. The first-order chi connectivity index (χ1) is 18.2. The monoisotopic (exact) mass is 573 g/mol. The lowest BCUT2D eigenvalue weighted by Gasteiger charge is -2.40. The van der Waals surface area contributed by atoms with E-state index in [0.29, 0.717) is 19.1 Å². The molecule has 4 rings (SSSR count). The molecule has 3 saturated heterocycles. The van der Waals surface area contributed by atoms with Crippen molar-refractivity contribution in [3.63, 3.8) is 0 Å². The van der Waals surface area contributed by atoms with Crippen molar-refractivity contribution in [2.24, 2.45) is 11.3 Å². The molecule has 1 aromatic rings. The number of carbonyl (C=O) groups excluding carboxylic acids is 1. The van der Waals surface area contributed by atoms with E-state index in [1.54, 1.807) is 6.20 Å². The Morgan fingerprint density at radius 1 is 0.949 bits per heavy atom. The Labute approximate surface area is 219 Å². The van der Waals surface area contributed by atoms with Crippen molar-refractivity contribution in [2.75, 3.05) is 52.6 Å². The van der Waals surface area contributed by atoms with Crippen molar-refractivity contribution in [2.45, 2.75) is 31.7 Å². The molecular formula is C23H29F6N3O7. The third-order valence-electron chi connectivity index (χ3n) is 6.44. The number of aliphatic carboxylic acids is 2. The number of carboxylic acid groups (broad SMARTS) is 2. The Hall–Kier alpha value is -2.98. The number of halogens is 6. The van der Waals surface area contributed by atoms with Crippen molar-refractivity contribution in [3.8, 4) is 0 Å². The predicted octanol–water partition coefficient (Wildman–Crippen LogP) is 2.44. The van der Waals surface area contributed by atoms with Crippen molar-refractivity contribution in [3.05, 3.63) is 30.1 Å². The van der Waals surface area contributed by atoms with Crippen LogP contribution >= 0.6 is 0 Å². The van der Waals surface area contributed by atoms with Crippen LogP contribution in [0, 0.1) is 11.3 Å². The fourth-order valence-corrected chi connectivity index (χ4v) is 4.57. The first-order valence-corrected chi connectivity index (χ1v) is 11.8. The fraction of sp³-hybridized carbons (Fsp3) is 0.652. The molecule has 3 aliphatic rings. The minimum Gasteiger partial charge on any atom is -0.475 e. The van der Waals surface area contributed by atoms with Gasteiger partial charge < -0.3 is 24.6 Å². The normalized spacial score (nSPS) is 21.3. The van der Waals surface area contributed by atoms with Crippen LogP contribution in [0.3, 0.4) is 0 Å². The molecule has 0 aromatic carbocycles. The van der Waals surface area contributed by atoms with Gasteiger partial charge in [0, 0.05) is 63.7 Å². The minimum atomic E-state index is -5.08. The van der Waals surface area contributed by atoms with E-state index in [-0.39, 0.29) is 11.3 Å². The number of rotatable bonds is 3. The molecule has 1 unspecified atom stereocenters. The molecule has 10 nitrogen and oxygen atoms in total. The van der Waals surface area contributed by atoms with E-state index < -0.39 is 24.3 Å². The second kappa shape index (κ2) is 13.9. The summed E-state index contributed by atoms with van der Waals surface area (Å²) in [6, 6.07) is 4.09. The number of ether oxygens (including phenoxy) is 2. The van der Waals surface area contributed by atoms with E-state index in [1.807, 2.05) is 17.2 Å². The zero-order valence-corrected chi connectivity index (χ0v) is 20.7. The lowest BCUT2D eigenvalue weighted by Crippen LogP contribution is -2.49. The largest absolute Gasteiger partial charge is 0.490 e. The number of aromatic nitrogens is 1. The fourth-order valence-electron chi connectivity index (χ4n) is 4.57. The average Bonchev–Trinajstić information content (AvgIpc) is 3.21. The number of likely N-dealkylation sites (tertiary alicyclic amines) is 1. The lowest BCUT2D eigenvalue weighted by atomic mass is 9.71. The molecule has 2 N–H and O–H groups in total. The van der Waals surface area contributed by atoms with Crippen LogP contribution in [0.15, 0.2) is 24.5 Å². The number of pyridine rings is 1. The molecule has 1 amide bonds. The summed E-state index contributed by atoms with van der Waals surface area (Å²) in [6.07, 6.45) is -4.47. The van der Waals surface area contributed by atoms with Gasteiger partial charge >= 0.3 is 24.3 Å². The quantitative estimate of drug-likeness (QED) is 0.524. The molecule has 4 heterocycles. The molecule has 3 fully saturated rings. The second-order valence-electron chi connectivity index (χ2n) is 9.10. The van der Waals surface area contributed by atoms with Crippen LogP contribution in [-0.4, -0.2) is 108 Å². The number of morpholine rings is 1. The minimum absolute atomic E-state index is 0.0653. The number of hydrogen-bond donors (Lipinski definition) is 2. The van der Waals surface area contributed by atoms with E-state index in [0.717, 1.165) is 58.8 Å². The standard InChI is InChI=1S/C19H27N3O3.2C2HF3O2/c23-18(22-6-10-25-11-7-22)17-14-21(13-16-2-1-5-20-12-16)15-19(17)3-8-24-9-4-19;2*3-2(4,5)1(6)7/h1-2,5,12,17H,3-4,6-11,13-15H2;2*(H,6,7). The van der Waals surface area contributed by atoms with Crippen LogP contribution in [0.1, 0.15) is 18.4 Å². The number of amides is 1. The van der Waals surface area contributed by atoms with E-state index in [2.05, 4.69) is 16.0 Å². The maximum atomic E-state index is 13.3. The molecule has 0 radical (unpaired) electrons. The molecule has 220 valence electrons. The molecular weight excluding hydrogens is 544 g/mol. The highest BCUT2D eigenvalue weighted by atomic mass is 19.4. The average molecular weight is 573 g/mol. The van der Waals surface area contributed by atoms with Gasteiger partial charge in [-0.3, -0.25) is 14.7 Å². The van der Waals surface area contributed by atoms with Gasteiger partial charge in [-0.15, -0.1) is 0 Å². The summed E-state index contributed by atoms with van der Waals surface area (Å²) >= 11 is 0. The summed E-state index contributed by atoms with van der Waals surface area (Å²) in [5, 5.41) is 14.2. The predicted molar refractivity (Wildman–Crippen MR) is 120 cm³/mol. The van der Waals surface area contributed by atoms with Gasteiger partial charge in [0.2, 0.25) is 5.91 Å². The highest BCUT2D eigenvalue weighted by molar-refractivity contribution is 5.80. The van der Waals surface area contributed by atoms with Crippen LogP contribution < -0.4 is 0 Å². The SMILES string of the molecule is O=C(C1CN(Cc2cccnc2)CC12CCOCC2)N1CCOCC1.O=C(O)C(F)(F)F.O=C(O)C(F)(F)F. The van der Waals surface area contributed by atoms with Gasteiger partial charge in [0.25, 0.3) is 0 Å². The van der Waals surface area contributed by atoms with Gasteiger partial charge in [0.1, 0.15) is 0 Å². The molecule has 16 heteroatoms. The van der Waals surface area contributed by atoms with Gasteiger partial charge in [-0.2, -0.15) is 26.3 Å². The Morgan fingerprint density at radius 2 is 1.46 bits per heavy atom. The summed E-state index contributed by atoms with van der Waals surface area (Å²) in [5.74, 6) is -5.12. The number of carboxylic acids is 2. The Kier molecular flexibility index (Phi) is 11.5. The van der Waals surface area contributed by atoms with Crippen LogP contribution in [0.4, 0.5) is 26.3 Å². The Morgan fingerprint density at radius 3 is 1.92 bits per heavy atom. The van der Waals surface area contributed by atoms with Gasteiger partial charge in [-0.05, 0) is 24.5 Å². The van der Waals surface area contributed by atoms with Gasteiger partial charge in [-0.1, -0.05) is 6.07 Å². The maximum absolute atomic E-state index is 13.3. The lowest BCUT2D eigenvalue weighted by molar-refractivity contribution is -0.193. The first kappa shape index (κ1) is 32.2. The number of carbonyl (C=O) groups is 3. The summed E-state index contributed by atoms with van der Waals surface area (Å²) in [5.41, 5.74) is 1.28. The Balaban J connectivity index is 0.000000317. The number of hydrogen-bond acceptors (Lipinski definition) is 7. The third-order valence-corrected chi connectivity index (χ3v) is 6.44. The highest BCUT2D eigenvalue weighted by Gasteiger charge is 2.51. The summed E-state index contributed by atoms with van der Waals surface area (Å²) < 4.78 is 74.5. The van der Waals surface area contributed by atoms with E-state index >= 15 is 0 Å². The smallest absolute Gasteiger partial charge is 0.475 e. The van der Waals surface area contributed by atoms with Crippen molar-refractivity contribution in [1.29, 1.82) is 0 Å². The van der Waals surface area contributed by atoms with Crippen molar-refractivity contribution < 1.29 is 60.4 Å². The summed E-state index contributed by atoms with van der Waals surface area (Å²) in [6.45, 7) is 7.00. The van der Waals surface area contributed by atoms with Crippen LogP contribution in [0.5, 0.6) is 0 Å². The van der Waals surface area contributed by atoms with Crippen molar-refractivity contribution in [1.82, 2.24) is 14.8 Å².